The van der Waals surface area contributed by atoms with Crippen LogP contribution < -0.4 is 0 Å². The Balaban J connectivity index is 0.00000121. The molecule has 0 spiro atoms. The van der Waals surface area contributed by atoms with Gasteiger partial charge in [0.1, 0.15) is 0 Å². The summed E-state index contributed by atoms with van der Waals surface area (Å²) in [6, 6.07) is 4.37. The average molecular weight is 162 g/mol. The van der Waals surface area contributed by atoms with Gasteiger partial charge in [0.15, 0.2) is 0 Å². The molecular weight excluding hydrogens is 144 g/mol. The van der Waals surface area contributed by atoms with Crippen LogP contribution in [0.25, 0.3) is 6.08 Å². The molecule has 0 N–H and O–H groups in total. The molecule has 12 heavy (non-hydrogen) atoms. The van der Waals surface area contributed by atoms with Crippen LogP contribution in [0.5, 0.6) is 0 Å². The van der Waals surface area contributed by atoms with E-state index in [2.05, 4.69) is 39.5 Å². The van der Waals surface area contributed by atoms with Gasteiger partial charge in [-0.05, 0) is 37.5 Å². The summed E-state index contributed by atoms with van der Waals surface area (Å²) in [5, 5.41) is 0. The molecule has 1 aromatic carbocycles. The Morgan fingerprint density at radius 3 is 1.83 bits per heavy atom. The number of aryl methyl sites for hydroxylation is 3. The Hall–Kier alpha value is -1.04. The van der Waals surface area contributed by atoms with Crippen LogP contribution in [-0.2, 0) is 0 Å². The summed E-state index contributed by atoms with van der Waals surface area (Å²) in [6.07, 6.45) is 1.92. The molecule has 0 bridgehead atoms. The molecule has 0 nitrogen and oxygen atoms in total. The van der Waals surface area contributed by atoms with Crippen LogP contribution in [0.1, 0.15) is 29.7 Å². The summed E-state index contributed by atoms with van der Waals surface area (Å²) in [5.74, 6) is 0. The first-order valence-corrected chi connectivity index (χ1v) is 3.85. The minimum atomic E-state index is 0. The van der Waals surface area contributed by atoms with Gasteiger partial charge in [0.25, 0.3) is 0 Å². The van der Waals surface area contributed by atoms with Crippen molar-refractivity contribution in [2.75, 3.05) is 0 Å². The van der Waals surface area contributed by atoms with Crippen LogP contribution in [-0.4, -0.2) is 0 Å². The molecule has 0 heteroatoms. The number of rotatable bonds is 1. The summed E-state index contributed by atoms with van der Waals surface area (Å²) >= 11 is 0. The first kappa shape index (κ1) is 11.0. The second-order valence-corrected chi connectivity index (χ2v) is 3.02. The van der Waals surface area contributed by atoms with Gasteiger partial charge in [0.2, 0.25) is 0 Å². The lowest BCUT2D eigenvalue weighted by molar-refractivity contribution is 1.30. The maximum Gasteiger partial charge on any atom is -0.0204 e. The van der Waals surface area contributed by atoms with Crippen LogP contribution in [0.3, 0.4) is 0 Å². The van der Waals surface area contributed by atoms with Crippen LogP contribution in [0.2, 0.25) is 0 Å². The second kappa shape index (κ2) is 4.10. The standard InChI is InChI=1S/C11H14.CH4/c1-5-11-9(3)6-8(2)7-10(11)4;/h5-7H,1H2,2-4H3;1H4. The van der Waals surface area contributed by atoms with Crippen LogP contribution in [0.4, 0.5) is 0 Å². The van der Waals surface area contributed by atoms with E-state index in [1.54, 1.807) is 0 Å². The minimum absolute atomic E-state index is 0. The maximum absolute atomic E-state index is 3.78. The summed E-state index contributed by atoms with van der Waals surface area (Å²) in [6.45, 7) is 10.1. The first-order valence-electron chi connectivity index (χ1n) is 3.85. The number of hydrogen-bond donors (Lipinski definition) is 0. The molecule has 0 aromatic heterocycles. The minimum Gasteiger partial charge on any atom is -0.0985 e. The maximum atomic E-state index is 3.78. The van der Waals surface area contributed by atoms with Gasteiger partial charge in [-0.2, -0.15) is 0 Å². The topological polar surface area (TPSA) is 0 Å². The van der Waals surface area contributed by atoms with Gasteiger partial charge in [-0.3, -0.25) is 0 Å². The Bertz CT molecular complexity index is 259. The highest BCUT2D eigenvalue weighted by molar-refractivity contribution is 5.56. The van der Waals surface area contributed by atoms with E-state index in [0.29, 0.717) is 0 Å². The molecule has 0 aliphatic heterocycles. The molecule has 1 rings (SSSR count). The number of benzene rings is 1. The summed E-state index contributed by atoms with van der Waals surface area (Å²) < 4.78 is 0. The highest BCUT2D eigenvalue weighted by Gasteiger charge is 1.97. The molecule has 0 atom stereocenters. The van der Waals surface area contributed by atoms with E-state index in [4.69, 9.17) is 0 Å². The zero-order chi connectivity index (χ0) is 8.43. The molecule has 0 saturated carbocycles. The molecule has 0 radical (unpaired) electrons. The van der Waals surface area contributed by atoms with Crippen molar-refractivity contribution >= 4 is 6.08 Å². The van der Waals surface area contributed by atoms with E-state index in [-0.39, 0.29) is 7.43 Å². The highest BCUT2D eigenvalue weighted by atomic mass is 14.0. The zero-order valence-electron chi connectivity index (χ0n) is 7.44. The molecule has 0 fully saturated rings. The molecule has 0 unspecified atom stereocenters. The Kier molecular flexibility index (Phi) is 3.75. The van der Waals surface area contributed by atoms with Crippen molar-refractivity contribution in [3.63, 3.8) is 0 Å². The van der Waals surface area contributed by atoms with Gasteiger partial charge in [-0.1, -0.05) is 37.8 Å². The average Bonchev–Trinajstić information content (AvgIpc) is 1.85. The van der Waals surface area contributed by atoms with Crippen molar-refractivity contribution in [1.82, 2.24) is 0 Å². The molecule has 0 heterocycles. The SMILES string of the molecule is C.C=Cc1c(C)cc(C)cc1C. The van der Waals surface area contributed by atoms with Crippen LogP contribution >= 0.6 is 0 Å². The third kappa shape index (κ3) is 1.97. The lowest BCUT2D eigenvalue weighted by Crippen LogP contribution is -1.87. The third-order valence-corrected chi connectivity index (χ3v) is 1.94. The van der Waals surface area contributed by atoms with E-state index in [1.807, 2.05) is 6.08 Å². The van der Waals surface area contributed by atoms with Gasteiger partial charge >= 0.3 is 0 Å². The molecule has 0 amide bonds. The van der Waals surface area contributed by atoms with Crippen molar-refractivity contribution in [2.45, 2.75) is 28.2 Å². The van der Waals surface area contributed by atoms with Crippen LogP contribution in [0.15, 0.2) is 18.7 Å². The fourth-order valence-corrected chi connectivity index (χ4v) is 1.51. The number of hydrogen-bond acceptors (Lipinski definition) is 0. The van der Waals surface area contributed by atoms with Crippen LogP contribution in [0, 0.1) is 20.8 Å². The van der Waals surface area contributed by atoms with Crippen molar-refractivity contribution in [3.05, 3.63) is 41.0 Å². The van der Waals surface area contributed by atoms with Crippen molar-refractivity contribution in [3.8, 4) is 0 Å². The van der Waals surface area contributed by atoms with Gasteiger partial charge in [0.05, 0.1) is 0 Å². The quantitative estimate of drug-likeness (QED) is 0.587. The summed E-state index contributed by atoms with van der Waals surface area (Å²) in [7, 11) is 0. The van der Waals surface area contributed by atoms with Gasteiger partial charge in [-0.25, -0.2) is 0 Å². The Morgan fingerprint density at radius 2 is 1.50 bits per heavy atom. The largest absolute Gasteiger partial charge is 0.0985 e. The first-order chi connectivity index (χ1) is 5.15. The van der Waals surface area contributed by atoms with Crippen molar-refractivity contribution in [2.24, 2.45) is 0 Å². The fraction of sp³-hybridized carbons (Fsp3) is 0.333. The normalized spacial score (nSPS) is 8.92. The van der Waals surface area contributed by atoms with E-state index < -0.39 is 0 Å². The molecule has 66 valence electrons. The third-order valence-electron chi connectivity index (χ3n) is 1.94. The second-order valence-electron chi connectivity index (χ2n) is 3.02. The van der Waals surface area contributed by atoms with E-state index >= 15 is 0 Å². The molecule has 0 aliphatic rings. The van der Waals surface area contributed by atoms with Gasteiger partial charge < -0.3 is 0 Å². The van der Waals surface area contributed by atoms with E-state index in [9.17, 15) is 0 Å². The van der Waals surface area contributed by atoms with E-state index in [0.717, 1.165) is 0 Å². The smallest absolute Gasteiger partial charge is 0.0204 e. The summed E-state index contributed by atoms with van der Waals surface area (Å²) in [4.78, 5) is 0. The van der Waals surface area contributed by atoms with E-state index in [1.165, 1.54) is 22.3 Å². The Labute approximate surface area is 75.9 Å². The zero-order valence-corrected chi connectivity index (χ0v) is 7.44. The van der Waals surface area contributed by atoms with Gasteiger partial charge in [0, 0.05) is 0 Å². The predicted octanol–water partition coefficient (Wildman–Crippen LogP) is 3.89. The van der Waals surface area contributed by atoms with Gasteiger partial charge in [-0.15, -0.1) is 0 Å². The highest BCUT2D eigenvalue weighted by Crippen LogP contribution is 2.16. The fourth-order valence-electron chi connectivity index (χ4n) is 1.51. The Morgan fingerprint density at radius 1 is 1.08 bits per heavy atom. The monoisotopic (exact) mass is 162 g/mol. The lowest BCUT2D eigenvalue weighted by Gasteiger charge is -2.05. The predicted molar refractivity (Wildman–Crippen MR) is 57.5 cm³/mol. The molecule has 1 aromatic rings. The summed E-state index contributed by atoms with van der Waals surface area (Å²) in [5.41, 5.74) is 5.23. The lowest BCUT2D eigenvalue weighted by atomic mass is 10.0. The molecule has 0 saturated heterocycles. The van der Waals surface area contributed by atoms with Crippen molar-refractivity contribution < 1.29 is 0 Å². The molecule has 0 aliphatic carbocycles. The molecular formula is C12H18. The van der Waals surface area contributed by atoms with Crippen molar-refractivity contribution in [1.29, 1.82) is 0 Å².